The van der Waals surface area contributed by atoms with Gasteiger partial charge in [-0.05, 0) is 59.5 Å². The second-order valence-corrected chi connectivity index (χ2v) is 11.1. The molecule has 0 amide bonds. The van der Waals surface area contributed by atoms with E-state index in [0.29, 0.717) is 26.0 Å². The topological polar surface area (TPSA) is 80.9 Å². The lowest BCUT2D eigenvalue weighted by molar-refractivity contribution is 0.400. The van der Waals surface area contributed by atoms with Gasteiger partial charge in [0.25, 0.3) is 0 Å². The van der Waals surface area contributed by atoms with Crippen LogP contribution < -0.4 is 0 Å². The minimum Gasteiger partial charge on any atom is -0.506 e. The third-order valence-corrected chi connectivity index (χ3v) is 8.11. The summed E-state index contributed by atoms with van der Waals surface area (Å²) in [5.41, 5.74) is 1.51. The van der Waals surface area contributed by atoms with Crippen molar-refractivity contribution in [2.45, 2.75) is 83.3 Å². The zero-order chi connectivity index (χ0) is 26.5. The molecule has 0 spiro atoms. The zero-order valence-corrected chi connectivity index (χ0v) is 23.9. The fourth-order valence-electron chi connectivity index (χ4n) is 4.77. The highest BCUT2D eigenvalue weighted by Gasteiger charge is 2.38. The van der Waals surface area contributed by atoms with Gasteiger partial charge < -0.3 is 20.4 Å². The predicted octanol–water partition coefficient (Wildman–Crippen LogP) is 8.14. The molecule has 0 saturated heterocycles. The summed E-state index contributed by atoms with van der Waals surface area (Å²) in [6, 6.07) is 12.0. The van der Waals surface area contributed by atoms with Gasteiger partial charge in [-0.25, -0.2) is 0 Å². The standard InChI is InChI=1S/C28H34O4S4/c1-2-3-4-5-6-7-8-11-28(17-9-10-20(29)21(30)12-17,18-13-22(33)26(31)23(34)14-18)19-15-24(35)27(32)25(36)16-19/h9-10,12-16,29-36H,2-8,11H2,1H3. The molecule has 194 valence electrons. The Morgan fingerprint density at radius 2 is 1.00 bits per heavy atom. The molecular weight excluding hydrogens is 529 g/mol. The highest BCUT2D eigenvalue weighted by molar-refractivity contribution is 7.81. The quantitative estimate of drug-likeness (QED) is 0.0525. The van der Waals surface area contributed by atoms with Crippen LogP contribution in [-0.4, -0.2) is 20.4 Å². The maximum absolute atomic E-state index is 10.5. The summed E-state index contributed by atoms with van der Waals surface area (Å²) in [4.78, 5) is 1.50. The van der Waals surface area contributed by atoms with Crippen LogP contribution in [0.3, 0.4) is 0 Å². The molecule has 3 rings (SSSR count). The van der Waals surface area contributed by atoms with Gasteiger partial charge in [-0.2, -0.15) is 0 Å². The molecule has 0 fully saturated rings. The molecule has 0 radical (unpaired) electrons. The number of thiol groups is 4. The fourth-order valence-corrected chi connectivity index (χ4v) is 5.98. The maximum atomic E-state index is 10.5. The average molecular weight is 563 g/mol. The van der Waals surface area contributed by atoms with E-state index in [4.69, 9.17) is 0 Å². The van der Waals surface area contributed by atoms with E-state index in [1.807, 2.05) is 0 Å². The van der Waals surface area contributed by atoms with Gasteiger partial charge in [0, 0.05) is 25.0 Å². The lowest BCUT2D eigenvalue weighted by Gasteiger charge is -2.37. The molecule has 8 heteroatoms. The molecule has 3 aromatic carbocycles. The molecule has 0 aliphatic heterocycles. The first-order chi connectivity index (χ1) is 17.1. The number of benzene rings is 3. The number of phenolic OH excluding ortho intramolecular Hbond substituents is 4. The Bertz CT molecular complexity index is 1110. The molecule has 0 aromatic heterocycles. The van der Waals surface area contributed by atoms with Crippen LogP contribution in [-0.2, 0) is 5.41 Å². The Balaban J connectivity index is 2.22. The van der Waals surface area contributed by atoms with Crippen LogP contribution in [0.25, 0.3) is 0 Å². The molecule has 4 nitrogen and oxygen atoms in total. The minimum atomic E-state index is -0.833. The van der Waals surface area contributed by atoms with Gasteiger partial charge in [-0.1, -0.05) is 57.9 Å². The summed E-state index contributed by atoms with van der Waals surface area (Å²) >= 11 is 17.9. The van der Waals surface area contributed by atoms with E-state index in [1.165, 1.54) is 31.7 Å². The molecule has 3 aromatic rings. The molecule has 4 N–H and O–H groups in total. The summed E-state index contributed by atoms with van der Waals surface area (Å²) in [5.74, 6) is -0.476. The summed E-state index contributed by atoms with van der Waals surface area (Å²) < 4.78 is 0. The van der Waals surface area contributed by atoms with Crippen LogP contribution >= 0.6 is 50.5 Å². The normalized spacial score (nSPS) is 11.7. The number of hydrogen-bond acceptors (Lipinski definition) is 8. The second kappa shape index (κ2) is 12.7. The Hall–Kier alpha value is -1.74. The van der Waals surface area contributed by atoms with E-state index in [9.17, 15) is 20.4 Å². The molecule has 0 atom stereocenters. The van der Waals surface area contributed by atoms with Gasteiger partial charge in [0.1, 0.15) is 11.5 Å². The van der Waals surface area contributed by atoms with Crippen molar-refractivity contribution in [3.63, 3.8) is 0 Å². The summed E-state index contributed by atoms with van der Waals surface area (Å²) in [7, 11) is 0. The summed E-state index contributed by atoms with van der Waals surface area (Å²) in [5, 5.41) is 41.3. The highest BCUT2D eigenvalue weighted by Crippen LogP contribution is 2.49. The molecule has 36 heavy (non-hydrogen) atoms. The van der Waals surface area contributed by atoms with E-state index in [1.54, 1.807) is 36.4 Å². The zero-order valence-electron chi connectivity index (χ0n) is 20.3. The lowest BCUT2D eigenvalue weighted by atomic mass is 9.66. The first-order valence-electron chi connectivity index (χ1n) is 12.1. The first kappa shape index (κ1) is 28.8. The smallest absolute Gasteiger partial charge is 0.157 e. The van der Waals surface area contributed by atoms with Crippen LogP contribution in [0.5, 0.6) is 23.0 Å². The van der Waals surface area contributed by atoms with Crippen molar-refractivity contribution in [1.82, 2.24) is 0 Å². The predicted molar refractivity (Wildman–Crippen MR) is 157 cm³/mol. The van der Waals surface area contributed by atoms with Gasteiger partial charge in [0.15, 0.2) is 11.5 Å². The molecule has 0 aliphatic carbocycles. The minimum absolute atomic E-state index is 0.0146. The summed E-state index contributed by atoms with van der Waals surface area (Å²) in [6.07, 6.45) is 8.52. The van der Waals surface area contributed by atoms with E-state index in [-0.39, 0.29) is 23.0 Å². The van der Waals surface area contributed by atoms with Crippen molar-refractivity contribution < 1.29 is 20.4 Å². The first-order valence-corrected chi connectivity index (χ1v) is 13.9. The Labute approximate surface area is 235 Å². The van der Waals surface area contributed by atoms with E-state index < -0.39 is 5.41 Å². The van der Waals surface area contributed by atoms with Crippen molar-refractivity contribution in [3.05, 3.63) is 59.2 Å². The number of hydrogen-bond donors (Lipinski definition) is 8. The third-order valence-electron chi connectivity index (χ3n) is 6.75. The van der Waals surface area contributed by atoms with E-state index >= 15 is 0 Å². The van der Waals surface area contributed by atoms with E-state index in [0.717, 1.165) is 36.0 Å². The van der Waals surface area contributed by atoms with Crippen LogP contribution in [0.2, 0.25) is 0 Å². The van der Waals surface area contributed by atoms with Crippen molar-refractivity contribution in [2.24, 2.45) is 0 Å². The average Bonchev–Trinajstić information content (AvgIpc) is 2.84. The number of unbranched alkanes of at least 4 members (excludes halogenated alkanes) is 6. The van der Waals surface area contributed by atoms with Crippen LogP contribution in [0.15, 0.2) is 62.0 Å². The van der Waals surface area contributed by atoms with Gasteiger partial charge in [0.2, 0.25) is 0 Å². The third kappa shape index (κ3) is 6.21. The molecule has 0 unspecified atom stereocenters. The van der Waals surface area contributed by atoms with Gasteiger partial charge in [-0.3, -0.25) is 0 Å². The molecule has 0 bridgehead atoms. The molecule has 0 aliphatic rings. The monoisotopic (exact) mass is 562 g/mol. The number of phenols is 4. The lowest BCUT2D eigenvalue weighted by Crippen LogP contribution is -2.30. The largest absolute Gasteiger partial charge is 0.506 e. The van der Waals surface area contributed by atoms with Crippen molar-refractivity contribution in [2.75, 3.05) is 0 Å². The molecule has 0 saturated carbocycles. The fraction of sp³-hybridized carbons (Fsp3) is 0.357. The number of aromatic hydroxyl groups is 4. The number of rotatable bonds is 11. The van der Waals surface area contributed by atoms with Crippen molar-refractivity contribution in [3.8, 4) is 23.0 Å². The van der Waals surface area contributed by atoms with Gasteiger partial charge >= 0.3 is 0 Å². The van der Waals surface area contributed by atoms with Crippen molar-refractivity contribution in [1.29, 1.82) is 0 Å². The SMILES string of the molecule is CCCCCCCCCC(c1ccc(O)c(O)c1)(c1cc(S)c(O)c(S)c1)c1cc(S)c(O)c(S)c1. The molecule has 0 heterocycles. The van der Waals surface area contributed by atoms with Crippen LogP contribution in [0.4, 0.5) is 0 Å². The van der Waals surface area contributed by atoms with Gasteiger partial charge in [-0.15, -0.1) is 50.5 Å². The van der Waals surface area contributed by atoms with E-state index in [2.05, 4.69) is 57.4 Å². The van der Waals surface area contributed by atoms with Crippen LogP contribution in [0, 0.1) is 0 Å². The Kier molecular flexibility index (Phi) is 10.1. The maximum Gasteiger partial charge on any atom is 0.157 e. The summed E-state index contributed by atoms with van der Waals surface area (Å²) in [6.45, 7) is 2.20. The molecular formula is C28H34O4S4. The Morgan fingerprint density at radius 3 is 1.44 bits per heavy atom. The van der Waals surface area contributed by atoms with Gasteiger partial charge in [0.05, 0.1) is 0 Å². The van der Waals surface area contributed by atoms with Crippen molar-refractivity contribution >= 4 is 50.5 Å². The highest BCUT2D eigenvalue weighted by atomic mass is 32.1. The Morgan fingerprint density at radius 1 is 0.556 bits per heavy atom. The van der Waals surface area contributed by atoms with Crippen LogP contribution in [0.1, 0.15) is 75.0 Å². The second-order valence-electron chi connectivity index (χ2n) is 9.21.